The first kappa shape index (κ1) is 23.3. The van der Waals surface area contributed by atoms with Gasteiger partial charge in [-0.3, -0.25) is 10.1 Å². The molecule has 2 N–H and O–H groups in total. The van der Waals surface area contributed by atoms with Gasteiger partial charge in [-0.15, -0.1) is 0 Å². The van der Waals surface area contributed by atoms with Gasteiger partial charge in [0.1, 0.15) is 17.0 Å². The molecule has 0 radical (unpaired) electrons. The third-order valence-electron chi connectivity index (χ3n) is 4.89. The fraction of sp³-hybridized carbons (Fsp3) is 0.192. The Morgan fingerprint density at radius 3 is 2.56 bits per heavy atom. The van der Waals surface area contributed by atoms with E-state index in [1.165, 1.54) is 0 Å². The Morgan fingerprint density at radius 1 is 1.06 bits per heavy atom. The lowest BCUT2D eigenvalue weighted by Gasteiger charge is -2.11. The molecule has 4 rings (SSSR count). The number of carbonyl (C=O) groups is 1. The van der Waals surface area contributed by atoms with Crippen molar-refractivity contribution in [3.63, 3.8) is 0 Å². The van der Waals surface area contributed by atoms with Crippen LogP contribution in [0.15, 0.2) is 71.1 Å². The summed E-state index contributed by atoms with van der Waals surface area (Å²) >= 11 is 5.33. The molecule has 0 fully saturated rings. The van der Waals surface area contributed by atoms with Gasteiger partial charge in [0.2, 0.25) is 5.89 Å². The molecular weight excluding hydrogens is 450 g/mol. The van der Waals surface area contributed by atoms with Crippen LogP contribution >= 0.6 is 12.2 Å². The number of thiocarbonyl (C=S) groups is 1. The van der Waals surface area contributed by atoms with E-state index in [2.05, 4.69) is 29.5 Å². The number of anilines is 1. The summed E-state index contributed by atoms with van der Waals surface area (Å²) in [5.74, 6) is 2.02. The number of amides is 1. The van der Waals surface area contributed by atoms with Gasteiger partial charge in [0.15, 0.2) is 10.7 Å². The van der Waals surface area contributed by atoms with Gasteiger partial charge in [-0.2, -0.15) is 0 Å². The number of nitrogens with one attached hydrogen (secondary N) is 2. The van der Waals surface area contributed by atoms with Crippen LogP contribution in [-0.4, -0.2) is 29.7 Å². The van der Waals surface area contributed by atoms with E-state index in [0.717, 1.165) is 11.3 Å². The first-order chi connectivity index (χ1) is 16.4. The molecule has 34 heavy (non-hydrogen) atoms. The normalized spacial score (nSPS) is 10.8. The zero-order valence-corrected chi connectivity index (χ0v) is 19.9. The second-order valence-electron chi connectivity index (χ2n) is 8.07. The van der Waals surface area contributed by atoms with Crippen LogP contribution in [0.3, 0.4) is 0 Å². The number of methoxy groups -OCH3 is 1. The van der Waals surface area contributed by atoms with Crippen molar-refractivity contribution in [3.05, 3.63) is 72.3 Å². The molecule has 7 nitrogen and oxygen atoms in total. The van der Waals surface area contributed by atoms with Crippen molar-refractivity contribution in [2.45, 2.75) is 13.8 Å². The van der Waals surface area contributed by atoms with E-state index in [1.807, 2.05) is 42.5 Å². The quantitative estimate of drug-likeness (QED) is 0.333. The van der Waals surface area contributed by atoms with Crippen LogP contribution in [0.2, 0.25) is 0 Å². The molecule has 0 bridgehead atoms. The first-order valence-electron chi connectivity index (χ1n) is 10.8. The van der Waals surface area contributed by atoms with Crippen LogP contribution in [0.25, 0.3) is 22.6 Å². The van der Waals surface area contributed by atoms with Crippen molar-refractivity contribution in [1.82, 2.24) is 10.3 Å². The Labute approximate surface area is 203 Å². The summed E-state index contributed by atoms with van der Waals surface area (Å²) in [6.45, 7) is 4.78. The lowest BCUT2D eigenvalue weighted by molar-refractivity contribution is 0.0977. The van der Waals surface area contributed by atoms with E-state index in [1.54, 1.807) is 31.4 Å². The Morgan fingerprint density at radius 2 is 1.82 bits per heavy atom. The molecule has 0 unspecified atom stereocenters. The van der Waals surface area contributed by atoms with Crippen molar-refractivity contribution in [2.75, 3.05) is 19.0 Å². The highest BCUT2D eigenvalue weighted by molar-refractivity contribution is 7.80. The van der Waals surface area contributed by atoms with Gasteiger partial charge < -0.3 is 19.2 Å². The fourth-order valence-corrected chi connectivity index (χ4v) is 3.40. The van der Waals surface area contributed by atoms with Crippen LogP contribution < -0.4 is 20.1 Å². The summed E-state index contributed by atoms with van der Waals surface area (Å²) < 4.78 is 16.8. The average Bonchev–Trinajstić information content (AvgIpc) is 3.26. The maximum Gasteiger partial charge on any atom is 0.257 e. The molecule has 174 valence electrons. The Kier molecular flexibility index (Phi) is 7.08. The number of carbonyl (C=O) groups excluding carboxylic acids is 1. The van der Waals surface area contributed by atoms with Crippen molar-refractivity contribution >= 4 is 40.0 Å². The Balaban J connectivity index is 1.40. The number of benzene rings is 3. The molecule has 3 aromatic carbocycles. The van der Waals surface area contributed by atoms with E-state index in [4.69, 9.17) is 26.1 Å². The Hall–Kier alpha value is -3.91. The number of oxazole rings is 1. The molecule has 0 aliphatic heterocycles. The molecule has 0 aliphatic rings. The second kappa shape index (κ2) is 10.4. The van der Waals surface area contributed by atoms with Crippen molar-refractivity contribution in [2.24, 2.45) is 5.92 Å². The number of nitrogens with zero attached hydrogens (tertiary/aromatic N) is 1. The van der Waals surface area contributed by atoms with Gasteiger partial charge in [0.05, 0.1) is 13.7 Å². The number of ether oxygens (including phenoxy) is 2. The van der Waals surface area contributed by atoms with Gasteiger partial charge in [-0.1, -0.05) is 19.9 Å². The molecule has 1 amide bonds. The molecule has 0 atom stereocenters. The van der Waals surface area contributed by atoms with Crippen LogP contribution in [-0.2, 0) is 0 Å². The predicted octanol–water partition coefficient (Wildman–Crippen LogP) is 5.67. The summed E-state index contributed by atoms with van der Waals surface area (Å²) in [4.78, 5) is 17.1. The van der Waals surface area contributed by atoms with E-state index in [-0.39, 0.29) is 11.0 Å². The number of hydrogen-bond donors (Lipinski definition) is 2. The highest BCUT2D eigenvalue weighted by atomic mass is 32.1. The molecule has 0 spiro atoms. The van der Waals surface area contributed by atoms with E-state index >= 15 is 0 Å². The summed E-state index contributed by atoms with van der Waals surface area (Å²) in [6.07, 6.45) is 0. The van der Waals surface area contributed by atoms with Crippen molar-refractivity contribution in [3.8, 4) is 23.0 Å². The minimum absolute atomic E-state index is 0.185. The molecule has 4 aromatic rings. The zero-order chi connectivity index (χ0) is 24.1. The molecule has 0 saturated heterocycles. The SMILES string of the molecule is COc1ccc2oc(-c3cccc(NC(=S)NC(=O)c4ccc(OCC(C)C)cc4)c3)nc2c1. The highest BCUT2D eigenvalue weighted by Crippen LogP contribution is 2.28. The lowest BCUT2D eigenvalue weighted by Crippen LogP contribution is -2.34. The van der Waals surface area contributed by atoms with Crippen molar-refractivity contribution in [1.29, 1.82) is 0 Å². The minimum Gasteiger partial charge on any atom is -0.497 e. The van der Waals surface area contributed by atoms with E-state index in [0.29, 0.717) is 46.5 Å². The lowest BCUT2D eigenvalue weighted by atomic mass is 10.2. The predicted molar refractivity (Wildman–Crippen MR) is 136 cm³/mol. The average molecular weight is 476 g/mol. The summed E-state index contributed by atoms with van der Waals surface area (Å²) in [5.41, 5.74) is 3.32. The minimum atomic E-state index is -0.308. The number of hydrogen-bond acceptors (Lipinski definition) is 6. The van der Waals surface area contributed by atoms with Gasteiger partial charge in [-0.25, -0.2) is 4.98 Å². The number of aromatic nitrogens is 1. The molecule has 1 aromatic heterocycles. The smallest absolute Gasteiger partial charge is 0.257 e. The summed E-state index contributed by atoms with van der Waals surface area (Å²) in [5, 5.41) is 5.91. The van der Waals surface area contributed by atoms with E-state index in [9.17, 15) is 4.79 Å². The largest absolute Gasteiger partial charge is 0.497 e. The standard InChI is InChI=1S/C26H25N3O4S/c1-16(2)15-32-20-9-7-17(8-10-20)24(30)29-26(34)27-19-6-4-5-18(13-19)25-28-22-14-21(31-3)11-12-23(22)33-25/h4-14,16H,15H2,1-3H3,(H2,27,29,30,34). The van der Waals surface area contributed by atoms with Gasteiger partial charge in [-0.05, 0) is 72.7 Å². The van der Waals surface area contributed by atoms with Crippen LogP contribution in [0, 0.1) is 5.92 Å². The maximum absolute atomic E-state index is 12.5. The molecule has 0 aliphatic carbocycles. The summed E-state index contributed by atoms with van der Waals surface area (Å²) in [6, 6.07) is 19.8. The highest BCUT2D eigenvalue weighted by Gasteiger charge is 2.12. The monoisotopic (exact) mass is 475 g/mol. The molecule has 1 heterocycles. The topological polar surface area (TPSA) is 85.6 Å². The molecular formula is C26H25N3O4S. The second-order valence-corrected chi connectivity index (χ2v) is 8.48. The summed E-state index contributed by atoms with van der Waals surface area (Å²) in [7, 11) is 1.61. The number of rotatable bonds is 7. The van der Waals surface area contributed by atoms with Gasteiger partial charge in [0, 0.05) is 22.9 Å². The third-order valence-corrected chi connectivity index (χ3v) is 5.09. The zero-order valence-electron chi connectivity index (χ0n) is 19.1. The third kappa shape index (κ3) is 5.71. The first-order valence-corrected chi connectivity index (χ1v) is 11.2. The number of fused-ring (bicyclic) bond motifs is 1. The van der Waals surface area contributed by atoms with Crippen LogP contribution in [0.1, 0.15) is 24.2 Å². The van der Waals surface area contributed by atoms with Crippen molar-refractivity contribution < 1.29 is 18.7 Å². The molecule has 8 heteroatoms. The van der Waals surface area contributed by atoms with Crippen LogP contribution in [0.4, 0.5) is 5.69 Å². The molecule has 0 saturated carbocycles. The van der Waals surface area contributed by atoms with Gasteiger partial charge in [0.25, 0.3) is 5.91 Å². The van der Waals surface area contributed by atoms with E-state index < -0.39 is 0 Å². The van der Waals surface area contributed by atoms with Gasteiger partial charge >= 0.3 is 0 Å². The van der Waals surface area contributed by atoms with Crippen LogP contribution in [0.5, 0.6) is 11.5 Å². The maximum atomic E-state index is 12.5. The fourth-order valence-electron chi connectivity index (χ4n) is 3.19. The Bertz CT molecular complexity index is 1320.